The van der Waals surface area contributed by atoms with Crippen molar-refractivity contribution in [2.24, 2.45) is 0 Å². The average molecular weight is 254 g/mol. The summed E-state index contributed by atoms with van der Waals surface area (Å²) >= 11 is 1.74. The summed E-state index contributed by atoms with van der Waals surface area (Å²) in [5.74, 6) is 0. The zero-order valence-corrected chi connectivity index (χ0v) is 11.9. The average Bonchev–Trinajstić information content (AvgIpc) is 2.85. The summed E-state index contributed by atoms with van der Waals surface area (Å²) < 4.78 is 5.63. The Hall–Kier alpha value is -0.340. The molecule has 0 saturated carbocycles. The fraction of sp³-hybridized carbons (Fsp3) is 0.733. The molecule has 0 saturated heterocycles. The first-order valence-electron chi connectivity index (χ1n) is 7.02. The molecule has 0 N–H and O–H groups in total. The van der Waals surface area contributed by atoms with Crippen LogP contribution in [-0.4, -0.2) is 6.61 Å². The van der Waals surface area contributed by atoms with Crippen molar-refractivity contribution in [1.29, 1.82) is 0 Å². The van der Waals surface area contributed by atoms with Gasteiger partial charge in [-0.1, -0.05) is 51.9 Å². The fourth-order valence-corrected chi connectivity index (χ4v) is 2.56. The molecule has 1 aromatic heterocycles. The molecule has 0 spiro atoms. The van der Waals surface area contributed by atoms with Crippen LogP contribution >= 0.6 is 11.3 Å². The quantitative estimate of drug-likeness (QED) is 0.480. The van der Waals surface area contributed by atoms with Crippen LogP contribution < -0.4 is 0 Å². The van der Waals surface area contributed by atoms with E-state index < -0.39 is 0 Å². The Balaban J connectivity index is 1.76. The maximum Gasteiger partial charge on any atom is 0.0724 e. The molecule has 0 amide bonds. The normalized spacial score (nSPS) is 10.9. The lowest BCUT2D eigenvalue weighted by Gasteiger charge is -2.03. The molecule has 0 aliphatic carbocycles. The van der Waals surface area contributed by atoms with E-state index in [2.05, 4.69) is 23.8 Å². The van der Waals surface area contributed by atoms with E-state index >= 15 is 0 Å². The number of ether oxygens (including phenoxy) is 1. The number of hydrogen-bond acceptors (Lipinski definition) is 2. The molecule has 1 heterocycles. The van der Waals surface area contributed by atoms with E-state index in [4.69, 9.17) is 4.74 Å². The van der Waals surface area contributed by atoms with Gasteiger partial charge in [0.15, 0.2) is 0 Å². The number of rotatable bonds is 11. The summed E-state index contributed by atoms with van der Waals surface area (Å²) in [5.41, 5.74) is 1.31. The van der Waals surface area contributed by atoms with E-state index in [0.29, 0.717) is 0 Å². The largest absolute Gasteiger partial charge is 0.377 e. The summed E-state index contributed by atoms with van der Waals surface area (Å²) in [5, 5.41) is 4.27. The summed E-state index contributed by atoms with van der Waals surface area (Å²) in [6.45, 7) is 3.98. The molecule has 0 aliphatic heterocycles. The van der Waals surface area contributed by atoms with E-state index in [1.54, 1.807) is 11.3 Å². The molecular weight excluding hydrogens is 228 g/mol. The van der Waals surface area contributed by atoms with Crippen molar-refractivity contribution >= 4 is 11.3 Å². The van der Waals surface area contributed by atoms with Gasteiger partial charge in [0.25, 0.3) is 0 Å². The monoisotopic (exact) mass is 254 g/mol. The molecule has 2 heteroatoms. The lowest BCUT2D eigenvalue weighted by Crippen LogP contribution is -1.94. The Morgan fingerprint density at radius 3 is 2.35 bits per heavy atom. The van der Waals surface area contributed by atoms with Crippen LogP contribution in [0.5, 0.6) is 0 Å². The van der Waals surface area contributed by atoms with Crippen molar-refractivity contribution in [2.75, 3.05) is 6.61 Å². The zero-order valence-electron chi connectivity index (χ0n) is 11.1. The minimum absolute atomic E-state index is 0.792. The van der Waals surface area contributed by atoms with Crippen molar-refractivity contribution in [2.45, 2.75) is 64.9 Å². The third kappa shape index (κ3) is 8.39. The maximum absolute atomic E-state index is 5.63. The number of thiophene rings is 1. The third-order valence-electron chi connectivity index (χ3n) is 2.99. The van der Waals surface area contributed by atoms with E-state index in [-0.39, 0.29) is 0 Å². The molecule has 1 aromatic rings. The second kappa shape index (κ2) is 10.8. The van der Waals surface area contributed by atoms with E-state index in [0.717, 1.165) is 13.2 Å². The molecule has 0 aromatic carbocycles. The first-order valence-corrected chi connectivity index (χ1v) is 7.96. The van der Waals surface area contributed by atoms with Crippen LogP contribution in [0.1, 0.15) is 63.9 Å². The van der Waals surface area contributed by atoms with Gasteiger partial charge >= 0.3 is 0 Å². The zero-order chi connectivity index (χ0) is 12.2. The van der Waals surface area contributed by atoms with Crippen LogP contribution in [0.15, 0.2) is 16.8 Å². The topological polar surface area (TPSA) is 9.23 Å². The van der Waals surface area contributed by atoms with Crippen LogP contribution in [0, 0.1) is 0 Å². The van der Waals surface area contributed by atoms with E-state index in [1.807, 2.05) is 0 Å². The number of unbranched alkanes of at least 4 members (excludes halogenated alkanes) is 7. The molecule has 1 rings (SSSR count). The molecule has 0 aliphatic rings. The second-order valence-electron chi connectivity index (χ2n) is 4.66. The van der Waals surface area contributed by atoms with Crippen LogP contribution in [0.2, 0.25) is 0 Å². The predicted octanol–water partition coefficient (Wildman–Crippen LogP) is 5.41. The smallest absolute Gasteiger partial charge is 0.0724 e. The summed E-state index contributed by atoms with van der Waals surface area (Å²) in [7, 11) is 0. The molecule has 0 radical (unpaired) electrons. The Bertz CT molecular complexity index is 243. The van der Waals surface area contributed by atoms with Gasteiger partial charge in [0.1, 0.15) is 0 Å². The van der Waals surface area contributed by atoms with Crippen molar-refractivity contribution in [3.05, 3.63) is 22.4 Å². The summed E-state index contributed by atoms with van der Waals surface area (Å²) in [6, 6.07) is 2.14. The minimum Gasteiger partial charge on any atom is -0.377 e. The van der Waals surface area contributed by atoms with Crippen LogP contribution in [0.4, 0.5) is 0 Å². The molecule has 98 valence electrons. The van der Waals surface area contributed by atoms with E-state index in [1.165, 1.54) is 56.9 Å². The Kier molecular flexibility index (Phi) is 9.34. The standard InChI is InChI=1S/C15H26OS/c1-2-3-4-5-6-7-8-9-11-16-13-15-10-12-17-14-15/h10,12,14H,2-9,11,13H2,1H3. The highest BCUT2D eigenvalue weighted by atomic mass is 32.1. The third-order valence-corrected chi connectivity index (χ3v) is 3.72. The van der Waals surface area contributed by atoms with Crippen LogP contribution in [0.25, 0.3) is 0 Å². The van der Waals surface area contributed by atoms with Crippen molar-refractivity contribution in [1.82, 2.24) is 0 Å². The lowest BCUT2D eigenvalue weighted by atomic mass is 10.1. The highest BCUT2D eigenvalue weighted by molar-refractivity contribution is 7.07. The maximum atomic E-state index is 5.63. The summed E-state index contributed by atoms with van der Waals surface area (Å²) in [6.07, 6.45) is 10.9. The van der Waals surface area contributed by atoms with Gasteiger partial charge in [0, 0.05) is 6.61 Å². The van der Waals surface area contributed by atoms with Crippen LogP contribution in [0.3, 0.4) is 0 Å². The molecule has 0 atom stereocenters. The fourth-order valence-electron chi connectivity index (χ4n) is 1.90. The summed E-state index contributed by atoms with van der Waals surface area (Å²) in [4.78, 5) is 0. The van der Waals surface area contributed by atoms with Gasteiger partial charge in [-0.3, -0.25) is 0 Å². The van der Waals surface area contributed by atoms with Gasteiger partial charge in [-0.25, -0.2) is 0 Å². The highest BCUT2D eigenvalue weighted by Crippen LogP contribution is 2.10. The molecule has 1 nitrogen and oxygen atoms in total. The van der Waals surface area contributed by atoms with Crippen molar-refractivity contribution in [3.8, 4) is 0 Å². The van der Waals surface area contributed by atoms with Gasteiger partial charge in [0.2, 0.25) is 0 Å². The van der Waals surface area contributed by atoms with Gasteiger partial charge in [0.05, 0.1) is 6.61 Å². The second-order valence-corrected chi connectivity index (χ2v) is 5.44. The molecule has 0 bridgehead atoms. The van der Waals surface area contributed by atoms with Gasteiger partial charge in [-0.2, -0.15) is 11.3 Å². The van der Waals surface area contributed by atoms with E-state index in [9.17, 15) is 0 Å². The predicted molar refractivity (Wildman–Crippen MR) is 76.6 cm³/mol. The van der Waals surface area contributed by atoms with Gasteiger partial charge in [-0.15, -0.1) is 0 Å². The number of hydrogen-bond donors (Lipinski definition) is 0. The highest BCUT2D eigenvalue weighted by Gasteiger charge is 1.94. The molecule has 17 heavy (non-hydrogen) atoms. The van der Waals surface area contributed by atoms with Crippen LogP contribution in [-0.2, 0) is 11.3 Å². The van der Waals surface area contributed by atoms with Crippen molar-refractivity contribution < 1.29 is 4.74 Å². The minimum atomic E-state index is 0.792. The SMILES string of the molecule is CCCCCCCCCCOCc1ccsc1. The molecule has 0 fully saturated rings. The first-order chi connectivity index (χ1) is 8.43. The Morgan fingerprint density at radius 2 is 1.71 bits per heavy atom. The first kappa shape index (κ1) is 14.7. The molecular formula is C15H26OS. The van der Waals surface area contributed by atoms with Crippen molar-refractivity contribution in [3.63, 3.8) is 0 Å². The lowest BCUT2D eigenvalue weighted by molar-refractivity contribution is 0.117. The Labute approximate surface area is 110 Å². The van der Waals surface area contributed by atoms with Gasteiger partial charge < -0.3 is 4.74 Å². The molecule has 0 unspecified atom stereocenters. The van der Waals surface area contributed by atoms with Gasteiger partial charge in [-0.05, 0) is 28.8 Å². The Morgan fingerprint density at radius 1 is 1.00 bits per heavy atom.